The van der Waals surface area contributed by atoms with Crippen LogP contribution in [0, 0.1) is 23.0 Å². The summed E-state index contributed by atoms with van der Waals surface area (Å²) in [5.74, 6) is -1.20. The number of carbonyl (C=O) groups is 1. The fourth-order valence-electron chi connectivity index (χ4n) is 4.06. The van der Waals surface area contributed by atoms with Crippen molar-refractivity contribution in [2.45, 2.75) is 31.8 Å². The first-order chi connectivity index (χ1) is 13.4. The molecular formula is C20H16ClF2N3O2. The molecule has 1 fully saturated rings. The number of halogens is 3. The number of amides is 1. The fraction of sp³-hybridized carbons (Fsp3) is 0.300. The summed E-state index contributed by atoms with van der Waals surface area (Å²) in [6, 6.07) is 6.27. The Balaban J connectivity index is 2.00. The van der Waals surface area contributed by atoms with Gasteiger partial charge in [0.15, 0.2) is 5.75 Å². The second-order valence-corrected chi connectivity index (χ2v) is 7.23. The van der Waals surface area contributed by atoms with Gasteiger partial charge in [-0.2, -0.15) is 5.26 Å². The first-order valence-corrected chi connectivity index (χ1v) is 9.22. The van der Waals surface area contributed by atoms with Crippen LogP contribution in [-0.4, -0.2) is 18.5 Å². The lowest BCUT2D eigenvalue weighted by Gasteiger charge is -2.42. The molecule has 2 aliphatic heterocycles. The van der Waals surface area contributed by atoms with Crippen LogP contribution in [0.25, 0.3) is 0 Å². The van der Waals surface area contributed by atoms with Gasteiger partial charge in [0.1, 0.15) is 34.7 Å². The van der Waals surface area contributed by atoms with Crippen LogP contribution in [0.2, 0.25) is 5.02 Å². The summed E-state index contributed by atoms with van der Waals surface area (Å²) in [5, 5.41) is 12.1. The van der Waals surface area contributed by atoms with Gasteiger partial charge in [0.25, 0.3) is 0 Å². The third kappa shape index (κ3) is 2.85. The van der Waals surface area contributed by atoms with E-state index in [9.17, 15) is 18.8 Å². The predicted octanol–water partition coefficient (Wildman–Crippen LogP) is 4.44. The van der Waals surface area contributed by atoms with Crippen LogP contribution >= 0.6 is 11.6 Å². The summed E-state index contributed by atoms with van der Waals surface area (Å²) in [5.41, 5.74) is 0.304. The molecule has 0 saturated carbocycles. The first-order valence-electron chi connectivity index (χ1n) is 8.84. The Labute approximate surface area is 165 Å². The summed E-state index contributed by atoms with van der Waals surface area (Å²) in [6.45, 7) is 1.89. The van der Waals surface area contributed by atoms with Crippen LogP contribution in [0.4, 0.5) is 14.5 Å². The van der Waals surface area contributed by atoms with Crippen molar-refractivity contribution in [2.75, 3.05) is 11.4 Å². The third-order valence-corrected chi connectivity index (χ3v) is 5.47. The van der Waals surface area contributed by atoms with Crippen molar-refractivity contribution in [1.29, 1.82) is 5.26 Å². The Morgan fingerprint density at radius 3 is 2.86 bits per heavy atom. The molecule has 1 saturated heterocycles. The average molecular weight is 404 g/mol. The van der Waals surface area contributed by atoms with E-state index in [-0.39, 0.29) is 33.6 Å². The lowest BCUT2D eigenvalue weighted by atomic mass is 9.89. The number of rotatable bonds is 1. The molecule has 0 bridgehead atoms. The highest BCUT2D eigenvalue weighted by Crippen LogP contribution is 2.52. The Kier molecular flexibility index (Phi) is 4.60. The van der Waals surface area contributed by atoms with Gasteiger partial charge in [-0.1, -0.05) is 17.7 Å². The molecule has 4 rings (SSSR count). The van der Waals surface area contributed by atoms with Gasteiger partial charge >= 0.3 is 0 Å². The van der Waals surface area contributed by atoms with Crippen molar-refractivity contribution in [3.63, 3.8) is 0 Å². The van der Waals surface area contributed by atoms with Crippen LogP contribution in [-0.2, 0) is 4.79 Å². The van der Waals surface area contributed by atoms with E-state index in [1.807, 2.05) is 0 Å². The predicted molar refractivity (Wildman–Crippen MR) is 99.5 cm³/mol. The number of benzene rings is 2. The van der Waals surface area contributed by atoms with E-state index in [2.05, 4.69) is 5.32 Å². The molecule has 28 heavy (non-hydrogen) atoms. The molecule has 0 aliphatic carbocycles. The maximum Gasteiger partial charge on any atom is 0.217 e. The highest BCUT2D eigenvalue weighted by molar-refractivity contribution is 6.35. The van der Waals surface area contributed by atoms with Crippen molar-refractivity contribution in [3.05, 3.63) is 52.0 Å². The third-order valence-electron chi connectivity index (χ3n) is 5.10. The second-order valence-electron chi connectivity index (χ2n) is 6.85. The topological polar surface area (TPSA) is 65.4 Å². The molecule has 0 unspecified atom stereocenters. The van der Waals surface area contributed by atoms with Gasteiger partial charge in [-0.3, -0.25) is 4.79 Å². The normalized spacial score (nSPS) is 20.0. The number of nitriles is 1. The summed E-state index contributed by atoms with van der Waals surface area (Å²) in [7, 11) is 0. The molecule has 1 N–H and O–H groups in total. The number of nitrogens with one attached hydrogen (secondary N) is 1. The molecular weight excluding hydrogens is 388 g/mol. The van der Waals surface area contributed by atoms with Gasteiger partial charge in [-0.25, -0.2) is 8.78 Å². The van der Waals surface area contributed by atoms with E-state index in [0.717, 1.165) is 6.07 Å². The molecule has 0 spiro atoms. The van der Waals surface area contributed by atoms with Crippen molar-refractivity contribution < 1.29 is 18.3 Å². The number of ether oxygens (including phenoxy) is 1. The fourth-order valence-corrected chi connectivity index (χ4v) is 4.40. The lowest BCUT2D eigenvalue weighted by Crippen LogP contribution is -2.50. The largest absolute Gasteiger partial charge is 0.455 e. The standard InChI is InChI=1S/C20H16ClF2N3O2/c1-10(27)25-14-5-3-7-26-19(14)17-12(22)4-2-6-15(17)28-16-8-13(23)11(9-24)18(21)20(16)26/h2,4,6,8,14,19H,3,5,7H2,1H3,(H,25,27)/t14-,19-/m0/s1. The molecule has 8 heteroatoms. The highest BCUT2D eigenvalue weighted by Gasteiger charge is 2.41. The molecule has 2 atom stereocenters. The average Bonchev–Trinajstić information content (AvgIpc) is 2.77. The molecule has 0 radical (unpaired) electrons. The van der Waals surface area contributed by atoms with Crippen molar-refractivity contribution in [2.24, 2.45) is 0 Å². The number of fused-ring (bicyclic) bond motifs is 5. The zero-order chi connectivity index (χ0) is 20.0. The van der Waals surface area contributed by atoms with E-state index in [1.54, 1.807) is 17.0 Å². The van der Waals surface area contributed by atoms with Gasteiger partial charge < -0.3 is 15.0 Å². The van der Waals surface area contributed by atoms with Gasteiger partial charge in [0, 0.05) is 19.5 Å². The number of hydrogen-bond acceptors (Lipinski definition) is 4. The minimum Gasteiger partial charge on any atom is -0.455 e. The maximum atomic E-state index is 14.9. The maximum absolute atomic E-state index is 14.9. The van der Waals surface area contributed by atoms with Gasteiger partial charge in [-0.15, -0.1) is 0 Å². The van der Waals surface area contributed by atoms with Crippen LogP contribution in [0.1, 0.15) is 36.9 Å². The molecule has 2 heterocycles. The summed E-state index contributed by atoms with van der Waals surface area (Å²) in [6.07, 6.45) is 1.33. The number of anilines is 1. The van der Waals surface area contributed by atoms with Crippen LogP contribution < -0.4 is 15.0 Å². The van der Waals surface area contributed by atoms with Crippen molar-refractivity contribution >= 4 is 23.2 Å². The molecule has 2 aromatic carbocycles. The van der Waals surface area contributed by atoms with E-state index >= 15 is 0 Å². The van der Waals surface area contributed by atoms with Crippen LogP contribution in [0.3, 0.4) is 0 Å². The molecule has 2 aromatic rings. The Bertz CT molecular complexity index is 1020. The summed E-state index contributed by atoms with van der Waals surface area (Å²) < 4.78 is 35.1. The van der Waals surface area contributed by atoms with E-state index < -0.39 is 23.7 Å². The number of hydrogen-bond donors (Lipinski definition) is 1. The zero-order valence-electron chi connectivity index (χ0n) is 14.9. The van der Waals surface area contributed by atoms with Crippen molar-refractivity contribution in [3.8, 4) is 17.6 Å². The summed E-state index contributed by atoms with van der Waals surface area (Å²) >= 11 is 6.40. The van der Waals surface area contributed by atoms with Crippen LogP contribution in [0.15, 0.2) is 24.3 Å². The number of nitrogens with zero attached hydrogens (tertiary/aromatic N) is 2. The zero-order valence-corrected chi connectivity index (χ0v) is 15.7. The van der Waals surface area contributed by atoms with Crippen LogP contribution in [0.5, 0.6) is 11.5 Å². The minimum absolute atomic E-state index is 0.0841. The Morgan fingerprint density at radius 2 is 2.14 bits per heavy atom. The van der Waals surface area contributed by atoms with Gasteiger partial charge in [0.2, 0.25) is 5.91 Å². The monoisotopic (exact) mass is 403 g/mol. The minimum atomic E-state index is -0.807. The molecule has 1 amide bonds. The summed E-state index contributed by atoms with van der Waals surface area (Å²) in [4.78, 5) is 13.6. The van der Waals surface area contributed by atoms with Crippen molar-refractivity contribution in [1.82, 2.24) is 5.32 Å². The number of piperidine rings is 1. The first kappa shape index (κ1) is 18.5. The second kappa shape index (κ2) is 6.95. The molecule has 5 nitrogen and oxygen atoms in total. The Hall–Kier alpha value is -2.85. The van der Waals surface area contributed by atoms with Gasteiger partial charge in [-0.05, 0) is 25.0 Å². The van der Waals surface area contributed by atoms with E-state index in [0.29, 0.717) is 25.1 Å². The van der Waals surface area contributed by atoms with E-state index in [1.165, 1.54) is 19.1 Å². The quantitative estimate of drug-likeness (QED) is 0.764. The molecule has 0 aromatic heterocycles. The van der Waals surface area contributed by atoms with Gasteiger partial charge in [0.05, 0.1) is 22.7 Å². The SMILES string of the molecule is CC(=O)N[C@H]1CCCN2c3c(cc(F)c(C#N)c3Cl)Oc3cccc(F)c3[C@H]12. The smallest absolute Gasteiger partial charge is 0.217 e. The van der Waals surface area contributed by atoms with E-state index in [4.69, 9.17) is 16.3 Å². The Morgan fingerprint density at radius 1 is 1.36 bits per heavy atom. The number of carbonyl (C=O) groups excluding carboxylic acids is 1. The highest BCUT2D eigenvalue weighted by atomic mass is 35.5. The molecule has 144 valence electrons. The molecule has 2 aliphatic rings. The lowest BCUT2D eigenvalue weighted by molar-refractivity contribution is -0.120.